The van der Waals surface area contributed by atoms with Gasteiger partial charge in [-0.3, -0.25) is 9.36 Å². The summed E-state index contributed by atoms with van der Waals surface area (Å²) in [6.45, 7) is 2.50. The molecule has 1 atom stereocenters. The van der Waals surface area contributed by atoms with Gasteiger partial charge in [-0.05, 0) is 61.7 Å². The normalized spacial score (nSPS) is 16.8. The highest BCUT2D eigenvalue weighted by Crippen LogP contribution is 2.40. The number of aryl methyl sites for hydroxylation is 1. The molecule has 8 nitrogen and oxygen atoms in total. The minimum Gasteiger partial charge on any atom is -0.478 e. The summed E-state index contributed by atoms with van der Waals surface area (Å²) in [5.74, 6) is -1.26. The van der Waals surface area contributed by atoms with Crippen LogP contribution in [-0.2, 0) is 23.3 Å². The second kappa shape index (κ2) is 10.1. The summed E-state index contributed by atoms with van der Waals surface area (Å²) < 4.78 is 3.93. The van der Waals surface area contributed by atoms with Gasteiger partial charge in [-0.15, -0.1) is 10.2 Å². The maximum Gasteiger partial charge on any atom is 0.328 e. The average Bonchev–Trinajstić information content (AvgIpc) is 3.58. The first-order valence-electron chi connectivity index (χ1n) is 12.9. The summed E-state index contributed by atoms with van der Waals surface area (Å²) in [6, 6.07) is 21.4. The highest BCUT2D eigenvalue weighted by Gasteiger charge is 2.39. The quantitative estimate of drug-likeness (QED) is 0.269. The molecule has 3 heterocycles. The molecule has 2 N–H and O–H groups in total. The third-order valence-electron chi connectivity index (χ3n) is 7.57. The lowest BCUT2D eigenvalue weighted by Gasteiger charge is -2.40. The number of nitrogens with zero attached hydrogens (tertiary/aromatic N) is 4. The predicted octanol–water partition coefficient (Wildman–Crippen LogP) is 5.55. The summed E-state index contributed by atoms with van der Waals surface area (Å²) in [5.41, 5.74) is 5.44. The molecule has 0 radical (unpaired) electrons. The molecule has 2 aromatic heterocycles. The molecule has 3 aromatic carbocycles. The van der Waals surface area contributed by atoms with Crippen molar-refractivity contribution in [2.45, 2.75) is 31.8 Å². The fourth-order valence-corrected chi connectivity index (χ4v) is 5.91. The van der Waals surface area contributed by atoms with Crippen molar-refractivity contribution >= 4 is 40.5 Å². The highest BCUT2D eigenvalue weighted by molar-refractivity contribution is 6.34. The van der Waals surface area contributed by atoms with E-state index >= 15 is 0 Å². The monoisotopic (exact) mass is 551 g/mol. The highest BCUT2D eigenvalue weighted by atomic mass is 35.5. The topological polar surface area (TPSA) is 102 Å². The summed E-state index contributed by atoms with van der Waals surface area (Å²) in [4.78, 5) is 25.2. The van der Waals surface area contributed by atoms with Gasteiger partial charge in [-0.1, -0.05) is 53.6 Å². The van der Waals surface area contributed by atoms with Crippen LogP contribution >= 0.6 is 11.6 Å². The van der Waals surface area contributed by atoms with Gasteiger partial charge in [-0.2, -0.15) is 0 Å². The van der Waals surface area contributed by atoms with E-state index in [9.17, 15) is 14.7 Å². The van der Waals surface area contributed by atoms with Crippen LogP contribution < -0.4 is 5.32 Å². The zero-order valence-electron chi connectivity index (χ0n) is 21.7. The number of nitrogens with one attached hydrogen (secondary N) is 1. The molecule has 0 spiro atoms. The van der Waals surface area contributed by atoms with E-state index in [1.807, 2.05) is 37.3 Å². The molecule has 6 rings (SSSR count). The molecule has 0 saturated carbocycles. The predicted molar refractivity (Wildman–Crippen MR) is 154 cm³/mol. The van der Waals surface area contributed by atoms with E-state index < -0.39 is 11.5 Å². The van der Waals surface area contributed by atoms with Gasteiger partial charge < -0.3 is 15.0 Å². The first-order chi connectivity index (χ1) is 19.3. The van der Waals surface area contributed by atoms with Gasteiger partial charge in [0.05, 0.1) is 22.7 Å². The Morgan fingerprint density at radius 3 is 2.55 bits per heavy atom. The molecular formula is C31H26ClN5O3. The number of fused-ring (bicyclic) bond motifs is 3. The van der Waals surface area contributed by atoms with Crippen LogP contribution in [0.5, 0.6) is 0 Å². The van der Waals surface area contributed by atoms with Crippen LogP contribution in [0.2, 0.25) is 5.02 Å². The Hall–Kier alpha value is -4.69. The largest absolute Gasteiger partial charge is 0.478 e. The molecule has 0 bridgehead atoms. The van der Waals surface area contributed by atoms with Crippen LogP contribution in [0.25, 0.3) is 22.7 Å². The van der Waals surface area contributed by atoms with Crippen molar-refractivity contribution in [2.75, 3.05) is 0 Å². The Bertz CT molecular complexity index is 1780. The lowest BCUT2D eigenvalue weighted by atomic mass is 9.81. The molecule has 9 heteroatoms. The Balaban J connectivity index is 1.42. The standard InChI is InChI=1S/C31H26ClN5O3/c1-20-7-11-27-25(15-20)23(10-12-29(38)39)28-13-14-31(17-37(27)28,21-5-3-2-4-6-21)35-30(40)24-9-8-22(16-26(24)32)36-18-33-34-19-36/h2-12,15-16,18-19H,13-14,17H2,1H3,(H,35,40)(H,38,39). The molecule has 0 aliphatic carbocycles. The van der Waals surface area contributed by atoms with Gasteiger partial charge in [0.1, 0.15) is 12.7 Å². The van der Waals surface area contributed by atoms with Gasteiger partial charge in [0.2, 0.25) is 0 Å². The third-order valence-corrected chi connectivity index (χ3v) is 7.89. The van der Waals surface area contributed by atoms with Crippen LogP contribution in [0.15, 0.2) is 85.5 Å². The van der Waals surface area contributed by atoms with E-state index in [1.54, 1.807) is 41.5 Å². The number of carbonyl (C=O) groups is 2. The van der Waals surface area contributed by atoms with Crippen LogP contribution in [-0.4, -0.2) is 36.3 Å². The van der Waals surface area contributed by atoms with Crippen molar-refractivity contribution in [3.8, 4) is 5.69 Å². The number of aliphatic carboxylic acids is 1. The maximum atomic E-state index is 13.8. The molecule has 1 aliphatic rings. The van der Waals surface area contributed by atoms with Crippen molar-refractivity contribution in [3.05, 3.63) is 118 Å². The zero-order valence-corrected chi connectivity index (χ0v) is 22.5. The van der Waals surface area contributed by atoms with E-state index in [-0.39, 0.29) is 5.91 Å². The number of hydrogen-bond acceptors (Lipinski definition) is 4. The van der Waals surface area contributed by atoms with Crippen molar-refractivity contribution in [1.82, 2.24) is 24.6 Å². The van der Waals surface area contributed by atoms with Gasteiger partial charge in [0.15, 0.2) is 0 Å². The molecule has 5 aromatic rings. The van der Waals surface area contributed by atoms with Crippen LogP contribution in [0.3, 0.4) is 0 Å². The fraction of sp³-hybridized carbons (Fsp3) is 0.161. The van der Waals surface area contributed by atoms with E-state index in [1.165, 1.54) is 6.08 Å². The lowest BCUT2D eigenvalue weighted by molar-refractivity contribution is -0.131. The number of amides is 1. The van der Waals surface area contributed by atoms with Gasteiger partial charge >= 0.3 is 5.97 Å². The van der Waals surface area contributed by atoms with E-state index in [4.69, 9.17) is 11.6 Å². The number of benzene rings is 3. The SMILES string of the molecule is Cc1ccc2c(c1)c(C=CC(=O)O)c1n2CC(NC(=O)c2ccc(-n3cnnc3)cc2Cl)(c2ccccc2)CC1. The summed E-state index contributed by atoms with van der Waals surface area (Å²) in [5, 5.41) is 21.6. The minimum absolute atomic E-state index is 0.272. The number of carboxylic acids is 1. The molecule has 1 amide bonds. The number of aromatic nitrogens is 4. The Labute approximate surface area is 235 Å². The molecule has 0 fully saturated rings. The van der Waals surface area contributed by atoms with Crippen LogP contribution in [0, 0.1) is 6.92 Å². The van der Waals surface area contributed by atoms with Crippen molar-refractivity contribution in [2.24, 2.45) is 0 Å². The molecule has 40 heavy (non-hydrogen) atoms. The van der Waals surface area contributed by atoms with Crippen molar-refractivity contribution in [3.63, 3.8) is 0 Å². The summed E-state index contributed by atoms with van der Waals surface area (Å²) in [7, 11) is 0. The lowest BCUT2D eigenvalue weighted by Crippen LogP contribution is -2.51. The average molecular weight is 552 g/mol. The Kier molecular flexibility index (Phi) is 6.48. The minimum atomic E-state index is -0.991. The molecule has 1 aliphatic heterocycles. The van der Waals surface area contributed by atoms with Gasteiger partial charge in [0.25, 0.3) is 5.91 Å². The summed E-state index contributed by atoms with van der Waals surface area (Å²) >= 11 is 6.61. The van der Waals surface area contributed by atoms with Crippen molar-refractivity contribution in [1.29, 1.82) is 0 Å². The molecule has 1 unspecified atom stereocenters. The first-order valence-corrected chi connectivity index (χ1v) is 13.3. The van der Waals surface area contributed by atoms with E-state index in [0.717, 1.165) is 39.0 Å². The number of halogens is 1. The van der Waals surface area contributed by atoms with E-state index in [2.05, 4.69) is 38.3 Å². The van der Waals surface area contributed by atoms with Gasteiger partial charge in [0, 0.05) is 33.9 Å². The van der Waals surface area contributed by atoms with Crippen LogP contribution in [0.1, 0.15) is 39.2 Å². The summed E-state index contributed by atoms with van der Waals surface area (Å²) in [6.07, 6.45) is 7.27. The number of hydrogen-bond donors (Lipinski definition) is 2. The second-order valence-electron chi connectivity index (χ2n) is 10.1. The van der Waals surface area contributed by atoms with Gasteiger partial charge in [-0.25, -0.2) is 4.79 Å². The number of carboxylic acid groups (broad SMARTS) is 1. The number of carbonyl (C=O) groups excluding carboxylic acids is 1. The molecular weight excluding hydrogens is 526 g/mol. The second-order valence-corrected chi connectivity index (χ2v) is 10.5. The smallest absolute Gasteiger partial charge is 0.328 e. The number of rotatable bonds is 6. The van der Waals surface area contributed by atoms with E-state index in [0.29, 0.717) is 30.0 Å². The van der Waals surface area contributed by atoms with Crippen LogP contribution in [0.4, 0.5) is 0 Å². The third kappa shape index (κ3) is 4.56. The van der Waals surface area contributed by atoms with Crippen molar-refractivity contribution < 1.29 is 14.7 Å². The zero-order chi connectivity index (χ0) is 27.9. The maximum absolute atomic E-state index is 13.8. The molecule has 0 saturated heterocycles. The Morgan fingerprint density at radius 2 is 1.82 bits per heavy atom. The molecule has 200 valence electrons. The first kappa shape index (κ1) is 25.6. The fourth-order valence-electron chi connectivity index (χ4n) is 5.65. The Morgan fingerprint density at radius 1 is 1.05 bits per heavy atom.